The van der Waals surface area contributed by atoms with Gasteiger partial charge in [0.05, 0.1) is 5.54 Å². The Morgan fingerprint density at radius 2 is 1.95 bits per heavy atom. The van der Waals surface area contributed by atoms with Gasteiger partial charge in [-0.3, -0.25) is 4.79 Å². The first-order valence-corrected chi connectivity index (χ1v) is 8.38. The second kappa shape index (κ2) is 6.34. The van der Waals surface area contributed by atoms with Gasteiger partial charge < -0.3 is 5.11 Å². The average molecular weight is 339 g/mol. The highest BCUT2D eigenvalue weighted by atomic mass is 35.5. The molecule has 0 aliphatic rings. The molecule has 118 valence electrons. The van der Waals surface area contributed by atoms with Crippen LogP contribution < -0.4 is 5.56 Å². The monoisotopic (exact) mass is 338 g/mol. The van der Waals surface area contributed by atoms with Crippen LogP contribution in [0.1, 0.15) is 27.7 Å². The van der Waals surface area contributed by atoms with Crippen molar-refractivity contribution < 1.29 is 5.11 Å². The number of benzene rings is 1. The zero-order chi connectivity index (χ0) is 16.5. The maximum atomic E-state index is 12.6. The van der Waals surface area contributed by atoms with Gasteiger partial charge in [0.15, 0.2) is 0 Å². The summed E-state index contributed by atoms with van der Waals surface area (Å²) in [7, 11) is 0. The van der Waals surface area contributed by atoms with Crippen LogP contribution in [0.15, 0.2) is 34.1 Å². The minimum atomic E-state index is -0.471. The summed E-state index contributed by atoms with van der Waals surface area (Å²) < 4.78 is 1.40. The van der Waals surface area contributed by atoms with Gasteiger partial charge in [-0.1, -0.05) is 36.7 Å². The lowest BCUT2D eigenvalue weighted by Crippen LogP contribution is -2.37. The average Bonchev–Trinajstić information content (AvgIpc) is 2.43. The van der Waals surface area contributed by atoms with Crippen molar-refractivity contribution in [3.05, 3.63) is 39.6 Å². The number of hydrogen-bond donors (Lipinski definition) is 1. The Morgan fingerprint density at radius 3 is 2.50 bits per heavy atom. The smallest absolute Gasteiger partial charge is 0.286 e. The molecular weight excluding hydrogens is 320 g/mol. The van der Waals surface area contributed by atoms with Crippen molar-refractivity contribution in [3.8, 4) is 16.9 Å². The molecule has 1 N–H and O–H groups in total. The third kappa shape index (κ3) is 3.15. The van der Waals surface area contributed by atoms with Crippen molar-refractivity contribution in [2.75, 3.05) is 5.75 Å². The van der Waals surface area contributed by atoms with E-state index >= 15 is 0 Å². The Morgan fingerprint density at radius 1 is 1.32 bits per heavy atom. The molecule has 0 atom stereocenters. The highest BCUT2D eigenvalue weighted by molar-refractivity contribution is 7.99. The van der Waals surface area contributed by atoms with Crippen LogP contribution in [0.3, 0.4) is 0 Å². The van der Waals surface area contributed by atoms with Crippen molar-refractivity contribution in [1.82, 2.24) is 9.78 Å². The summed E-state index contributed by atoms with van der Waals surface area (Å²) in [5, 5.41) is 15.3. The van der Waals surface area contributed by atoms with Crippen molar-refractivity contribution in [1.29, 1.82) is 0 Å². The molecule has 0 saturated carbocycles. The van der Waals surface area contributed by atoms with E-state index < -0.39 is 5.54 Å². The molecule has 4 nitrogen and oxygen atoms in total. The lowest BCUT2D eigenvalue weighted by Gasteiger charge is -2.23. The van der Waals surface area contributed by atoms with Crippen LogP contribution in [0.4, 0.5) is 0 Å². The summed E-state index contributed by atoms with van der Waals surface area (Å²) in [4.78, 5) is 12.6. The Labute approximate surface area is 139 Å². The third-order valence-corrected chi connectivity index (χ3v) is 4.29. The van der Waals surface area contributed by atoms with Crippen LogP contribution in [-0.4, -0.2) is 20.6 Å². The molecule has 6 heteroatoms. The maximum absolute atomic E-state index is 12.6. The fourth-order valence-electron chi connectivity index (χ4n) is 2.09. The fraction of sp³-hybridized carbons (Fsp3) is 0.375. The van der Waals surface area contributed by atoms with E-state index in [1.54, 1.807) is 24.3 Å². The highest BCUT2D eigenvalue weighted by Gasteiger charge is 2.24. The number of phenols is 1. The molecule has 0 amide bonds. The SMILES string of the molecule is CCSc1nn(C(C)(C)C)c(=O)c(Cl)c1-c1ccccc1O. The van der Waals surface area contributed by atoms with Gasteiger partial charge in [0.25, 0.3) is 5.56 Å². The molecule has 1 aromatic heterocycles. The summed E-state index contributed by atoms with van der Waals surface area (Å²) in [6.07, 6.45) is 0. The van der Waals surface area contributed by atoms with Crippen LogP contribution in [0.5, 0.6) is 5.75 Å². The second-order valence-electron chi connectivity index (χ2n) is 5.83. The first kappa shape index (κ1) is 16.9. The quantitative estimate of drug-likeness (QED) is 0.855. The van der Waals surface area contributed by atoms with Gasteiger partial charge in [-0.05, 0) is 32.6 Å². The molecule has 0 fully saturated rings. The topological polar surface area (TPSA) is 55.1 Å². The number of hydrogen-bond acceptors (Lipinski definition) is 4. The van der Waals surface area contributed by atoms with Crippen LogP contribution in [0, 0.1) is 0 Å². The molecule has 1 aromatic carbocycles. The van der Waals surface area contributed by atoms with Crippen LogP contribution in [-0.2, 0) is 5.54 Å². The Balaban J connectivity index is 2.82. The van der Waals surface area contributed by atoms with Gasteiger partial charge in [-0.15, -0.1) is 11.8 Å². The van der Waals surface area contributed by atoms with E-state index in [4.69, 9.17) is 11.6 Å². The molecule has 2 rings (SSSR count). The highest BCUT2D eigenvalue weighted by Crippen LogP contribution is 2.38. The van der Waals surface area contributed by atoms with E-state index in [9.17, 15) is 9.90 Å². The molecule has 0 unspecified atom stereocenters. The van der Waals surface area contributed by atoms with E-state index in [0.717, 1.165) is 5.75 Å². The van der Waals surface area contributed by atoms with Gasteiger partial charge in [-0.2, -0.15) is 5.10 Å². The van der Waals surface area contributed by atoms with Gasteiger partial charge in [-0.25, -0.2) is 4.68 Å². The third-order valence-electron chi connectivity index (χ3n) is 3.09. The summed E-state index contributed by atoms with van der Waals surface area (Å²) in [6, 6.07) is 6.82. The summed E-state index contributed by atoms with van der Waals surface area (Å²) in [5.41, 5.74) is 0.195. The Kier molecular flexibility index (Phi) is 4.87. The van der Waals surface area contributed by atoms with E-state index in [1.807, 2.05) is 27.7 Å². The van der Waals surface area contributed by atoms with Crippen molar-refractivity contribution in [3.63, 3.8) is 0 Å². The summed E-state index contributed by atoms with van der Waals surface area (Å²) >= 11 is 7.85. The number of aromatic hydroxyl groups is 1. The number of halogens is 1. The normalized spacial score (nSPS) is 11.7. The molecule has 0 bridgehead atoms. The van der Waals surface area contributed by atoms with Crippen LogP contribution >= 0.6 is 23.4 Å². The molecule has 0 spiro atoms. The standard InChI is InChI=1S/C16H19ClN2O2S/c1-5-22-14-12(10-8-6-7-9-11(10)20)13(17)15(21)19(18-14)16(2,3)4/h6-9,20H,5H2,1-4H3. The number of phenolic OH excluding ortho intramolecular Hbond substituents is 1. The first-order chi connectivity index (χ1) is 10.3. The largest absolute Gasteiger partial charge is 0.507 e. The minimum Gasteiger partial charge on any atom is -0.507 e. The minimum absolute atomic E-state index is 0.0806. The van der Waals surface area contributed by atoms with E-state index in [2.05, 4.69) is 5.10 Å². The van der Waals surface area contributed by atoms with E-state index in [1.165, 1.54) is 16.4 Å². The number of nitrogens with zero attached hydrogens (tertiary/aromatic N) is 2. The molecule has 0 aliphatic heterocycles. The molecule has 0 radical (unpaired) electrons. The number of para-hydroxylation sites is 1. The van der Waals surface area contributed by atoms with Crippen LogP contribution in [0.2, 0.25) is 5.02 Å². The molecule has 2 aromatic rings. The van der Waals surface area contributed by atoms with Gasteiger partial charge >= 0.3 is 0 Å². The van der Waals surface area contributed by atoms with E-state index in [-0.39, 0.29) is 16.3 Å². The van der Waals surface area contributed by atoms with Gasteiger partial charge in [0.2, 0.25) is 0 Å². The maximum Gasteiger partial charge on any atom is 0.286 e. The zero-order valence-corrected chi connectivity index (χ0v) is 14.6. The predicted molar refractivity (Wildman–Crippen MR) is 92.0 cm³/mol. The molecule has 0 saturated heterocycles. The molecule has 1 heterocycles. The Hall–Kier alpha value is -1.46. The lowest BCUT2D eigenvalue weighted by molar-refractivity contribution is 0.330. The number of thioether (sulfide) groups is 1. The summed E-state index contributed by atoms with van der Waals surface area (Å²) in [6.45, 7) is 7.70. The van der Waals surface area contributed by atoms with Crippen molar-refractivity contribution in [2.45, 2.75) is 38.3 Å². The second-order valence-corrected chi connectivity index (χ2v) is 7.46. The van der Waals surface area contributed by atoms with Gasteiger partial charge in [0.1, 0.15) is 15.8 Å². The Bertz CT molecular complexity index is 751. The summed E-state index contributed by atoms with van der Waals surface area (Å²) in [5.74, 6) is 0.865. The number of rotatable bonds is 3. The lowest BCUT2D eigenvalue weighted by atomic mass is 10.1. The molecule has 0 aliphatic carbocycles. The zero-order valence-electron chi connectivity index (χ0n) is 13.1. The van der Waals surface area contributed by atoms with Crippen molar-refractivity contribution in [2.24, 2.45) is 0 Å². The first-order valence-electron chi connectivity index (χ1n) is 7.01. The van der Waals surface area contributed by atoms with Crippen molar-refractivity contribution >= 4 is 23.4 Å². The fourth-order valence-corrected chi connectivity index (χ4v) is 3.19. The number of aromatic nitrogens is 2. The van der Waals surface area contributed by atoms with Crippen LogP contribution in [0.25, 0.3) is 11.1 Å². The molecule has 22 heavy (non-hydrogen) atoms. The van der Waals surface area contributed by atoms with E-state index in [0.29, 0.717) is 16.2 Å². The predicted octanol–water partition coefficient (Wildman–Crippen LogP) is 4.14. The van der Waals surface area contributed by atoms with Gasteiger partial charge in [0, 0.05) is 11.1 Å². The molecular formula is C16H19ClN2O2S.